The molecule has 7 heteroatoms. The van der Waals surface area contributed by atoms with Crippen molar-refractivity contribution in [2.24, 2.45) is 0 Å². The summed E-state index contributed by atoms with van der Waals surface area (Å²) in [6, 6.07) is 33.3. The average molecular weight is 569 g/mol. The molecule has 0 bridgehead atoms. The first-order valence-electron chi connectivity index (χ1n) is 13.9. The number of hydrogen-bond donors (Lipinski definition) is 0. The Balaban J connectivity index is 1.50. The van der Waals surface area contributed by atoms with Crippen LogP contribution in [0.3, 0.4) is 0 Å². The van der Waals surface area contributed by atoms with E-state index in [4.69, 9.17) is 19.9 Å². The van der Waals surface area contributed by atoms with E-state index in [1.165, 1.54) is 30.9 Å². The zero-order valence-corrected chi connectivity index (χ0v) is 23.5. The van der Waals surface area contributed by atoms with E-state index < -0.39 is 0 Å². The van der Waals surface area contributed by atoms with Gasteiger partial charge in [0.15, 0.2) is 17.5 Å². The first-order chi connectivity index (χ1) is 21.3. The third kappa shape index (κ3) is 3.72. The average Bonchev–Trinajstić information content (AvgIpc) is 3.48. The third-order valence-electron chi connectivity index (χ3n) is 7.87. The second-order valence-electron chi connectivity index (χ2n) is 10.4. The fourth-order valence-corrected chi connectivity index (χ4v) is 7.28. The summed E-state index contributed by atoms with van der Waals surface area (Å²) >= 11 is 1.79. The van der Waals surface area contributed by atoms with Crippen LogP contribution in [0.25, 0.3) is 86.9 Å². The summed E-state index contributed by atoms with van der Waals surface area (Å²) in [4.78, 5) is 28.9. The van der Waals surface area contributed by atoms with Crippen LogP contribution in [0.1, 0.15) is 0 Å². The lowest BCUT2D eigenvalue weighted by molar-refractivity contribution is 1.06. The van der Waals surface area contributed by atoms with E-state index >= 15 is 0 Å². The lowest BCUT2D eigenvalue weighted by atomic mass is 9.93. The van der Waals surface area contributed by atoms with Gasteiger partial charge >= 0.3 is 0 Å². The largest absolute Gasteiger partial charge is 0.264 e. The predicted molar refractivity (Wildman–Crippen MR) is 175 cm³/mol. The molecule has 9 rings (SSSR count). The first kappa shape index (κ1) is 24.0. The molecular formula is C36H20N6S. The Labute approximate surface area is 249 Å². The molecule has 5 heterocycles. The van der Waals surface area contributed by atoms with Gasteiger partial charge in [0.1, 0.15) is 5.69 Å². The highest BCUT2D eigenvalue weighted by molar-refractivity contribution is 7.27. The lowest BCUT2D eigenvalue weighted by Gasteiger charge is -2.14. The maximum atomic E-state index is 5.29. The van der Waals surface area contributed by atoms with Crippen molar-refractivity contribution in [1.82, 2.24) is 29.9 Å². The Morgan fingerprint density at radius 3 is 1.70 bits per heavy atom. The van der Waals surface area contributed by atoms with Crippen molar-refractivity contribution in [3.8, 4) is 34.3 Å². The van der Waals surface area contributed by atoms with Crippen molar-refractivity contribution >= 4 is 64.0 Å². The minimum absolute atomic E-state index is 0.512. The van der Waals surface area contributed by atoms with Crippen LogP contribution in [0.15, 0.2) is 122 Å². The van der Waals surface area contributed by atoms with Crippen molar-refractivity contribution in [3.05, 3.63) is 122 Å². The molecule has 5 aromatic heterocycles. The molecule has 0 atom stereocenters. The maximum Gasteiger partial charge on any atom is 0.183 e. The number of para-hydroxylation sites is 1. The van der Waals surface area contributed by atoms with Gasteiger partial charge < -0.3 is 0 Å². The molecule has 0 spiro atoms. The van der Waals surface area contributed by atoms with Gasteiger partial charge in [-0.1, -0.05) is 60.7 Å². The van der Waals surface area contributed by atoms with Crippen molar-refractivity contribution in [2.45, 2.75) is 0 Å². The molecule has 0 aliphatic rings. The van der Waals surface area contributed by atoms with Crippen LogP contribution >= 0.6 is 11.3 Å². The van der Waals surface area contributed by atoms with Gasteiger partial charge in [0, 0.05) is 72.2 Å². The second kappa shape index (κ2) is 9.44. The molecule has 4 aromatic carbocycles. The van der Waals surface area contributed by atoms with E-state index in [0.717, 1.165) is 38.5 Å². The zero-order valence-electron chi connectivity index (χ0n) is 22.6. The van der Waals surface area contributed by atoms with Gasteiger partial charge in [-0.15, -0.1) is 11.3 Å². The van der Waals surface area contributed by atoms with E-state index in [0.29, 0.717) is 17.5 Å². The highest BCUT2D eigenvalue weighted by atomic mass is 32.1. The molecule has 0 radical (unpaired) electrons. The van der Waals surface area contributed by atoms with Crippen molar-refractivity contribution in [1.29, 1.82) is 0 Å². The summed E-state index contributed by atoms with van der Waals surface area (Å²) in [6.45, 7) is 0. The number of aromatic nitrogens is 6. The molecule has 0 aliphatic heterocycles. The number of fused-ring (bicyclic) bond motifs is 10. The number of benzene rings is 4. The summed E-state index contributed by atoms with van der Waals surface area (Å²) in [5.74, 6) is 1.58. The quantitative estimate of drug-likeness (QED) is 0.198. The monoisotopic (exact) mass is 568 g/mol. The fourth-order valence-electron chi connectivity index (χ4n) is 6.01. The Morgan fingerprint density at radius 1 is 0.442 bits per heavy atom. The van der Waals surface area contributed by atoms with Crippen LogP contribution in [0.4, 0.5) is 0 Å². The minimum atomic E-state index is 0.512. The molecule has 0 N–H and O–H groups in total. The Morgan fingerprint density at radius 2 is 1.02 bits per heavy atom. The van der Waals surface area contributed by atoms with Gasteiger partial charge in [-0.3, -0.25) is 9.97 Å². The van der Waals surface area contributed by atoms with Crippen molar-refractivity contribution < 1.29 is 0 Å². The van der Waals surface area contributed by atoms with Gasteiger partial charge in [0.25, 0.3) is 0 Å². The molecule has 0 unspecified atom stereocenters. The number of thiophene rings is 1. The molecule has 6 nitrogen and oxygen atoms in total. The molecule has 0 fully saturated rings. The summed E-state index contributed by atoms with van der Waals surface area (Å²) in [5.41, 5.74) is 3.23. The van der Waals surface area contributed by atoms with E-state index in [9.17, 15) is 0 Å². The highest BCUT2D eigenvalue weighted by Gasteiger charge is 2.23. The molecular weight excluding hydrogens is 549 g/mol. The molecule has 43 heavy (non-hydrogen) atoms. The van der Waals surface area contributed by atoms with Crippen LogP contribution < -0.4 is 0 Å². The van der Waals surface area contributed by atoms with Gasteiger partial charge in [0.05, 0.1) is 5.52 Å². The van der Waals surface area contributed by atoms with Crippen LogP contribution in [0.2, 0.25) is 0 Å². The van der Waals surface area contributed by atoms with E-state index in [2.05, 4.69) is 76.7 Å². The van der Waals surface area contributed by atoms with E-state index in [-0.39, 0.29) is 0 Å². The maximum absolute atomic E-state index is 5.29. The summed E-state index contributed by atoms with van der Waals surface area (Å²) in [7, 11) is 0. The SMILES string of the molecule is c1cncc(-c2nc(-c3cccnc3)nc(-c3nc4ccccc4c4c5ccccc5c5c6ccccc6sc5c34)n2)c1. The van der Waals surface area contributed by atoms with Gasteiger partial charge in [-0.05, 0) is 47.2 Å². The predicted octanol–water partition coefficient (Wildman–Crippen LogP) is 8.89. The van der Waals surface area contributed by atoms with Crippen LogP contribution in [0, 0.1) is 0 Å². The Kier molecular flexibility index (Phi) is 5.27. The number of nitrogens with zero attached hydrogens (tertiary/aromatic N) is 6. The standard InChI is InChI=1S/C36H20N6S/c1-2-12-24-23(11-1)29-25-13-3-5-15-27(25)39-32(31(29)33-30(24)26-14-4-6-16-28(26)43-33)36-41-34(21-9-7-17-37-19-21)40-35(42-36)22-10-8-18-38-20-22/h1-20H. The number of rotatable bonds is 3. The van der Waals surface area contributed by atoms with Crippen LogP contribution in [0.5, 0.6) is 0 Å². The Bertz CT molecular complexity index is 2450. The van der Waals surface area contributed by atoms with E-state index in [1.807, 2.05) is 30.3 Å². The first-order valence-corrected chi connectivity index (χ1v) is 14.8. The van der Waals surface area contributed by atoms with Crippen LogP contribution in [-0.4, -0.2) is 29.9 Å². The van der Waals surface area contributed by atoms with Crippen molar-refractivity contribution in [3.63, 3.8) is 0 Å². The van der Waals surface area contributed by atoms with E-state index in [1.54, 1.807) is 36.1 Å². The summed E-state index contributed by atoms with van der Waals surface area (Å²) in [6.07, 6.45) is 7.04. The minimum Gasteiger partial charge on any atom is -0.264 e. The van der Waals surface area contributed by atoms with Crippen molar-refractivity contribution in [2.75, 3.05) is 0 Å². The van der Waals surface area contributed by atoms with Gasteiger partial charge in [0.2, 0.25) is 0 Å². The topological polar surface area (TPSA) is 77.3 Å². The number of hydrogen-bond acceptors (Lipinski definition) is 7. The Hall–Kier alpha value is -5.66. The van der Waals surface area contributed by atoms with Crippen LogP contribution in [-0.2, 0) is 0 Å². The van der Waals surface area contributed by atoms with Gasteiger partial charge in [-0.2, -0.15) is 0 Å². The fraction of sp³-hybridized carbons (Fsp3) is 0. The molecule has 0 amide bonds. The molecule has 0 saturated carbocycles. The normalized spacial score (nSPS) is 11.7. The summed E-state index contributed by atoms with van der Waals surface area (Å²) < 4.78 is 2.41. The third-order valence-corrected chi connectivity index (χ3v) is 9.06. The highest BCUT2D eigenvalue weighted by Crippen LogP contribution is 2.47. The number of pyridine rings is 3. The summed E-state index contributed by atoms with van der Waals surface area (Å²) in [5, 5.41) is 8.19. The molecule has 0 saturated heterocycles. The lowest BCUT2D eigenvalue weighted by Crippen LogP contribution is -2.02. The molecule has 200 valence electrons. The molecule has 9 aromatic rings. The zero-order chi connectivity index (χ0) is 28.3. The smallest absolute Gasteiger partial charge is 0.183 e. The molecule has 0 aliphatic carbocycles. The van der Waals surface area contributed by atoms with Gasteiger partial charge in [-0.25, -0.2) is 19.9 Å². The second-order valence-corrected chi connectivity index (χ2v) is 11.4.